The number of esters is 2. The molecule has 1 aromatic carbocycles. The van der Waals surface area contributed by atoms with Crippen molar-refractivity contribution in [3.63, 3.8) is 0 Å². The first-order chi connectivity index (χ1) is 10.5. The maximum absolute atomic E-state index is 11.9. The number of hydrogen-bond acceptors (Lipinski definition) is 5. The van der Waals surface area contributed by atoms with Crippen LogP contribution in [0.5, 0.6) is 5.75 Å². The number of hydrogen-bond donors (Lipinski definition) is 1. The average Bonchev–Trinajstić information content (AvgIpc) is 2.81. The zero-order valence-electron chi connectivity index (χ0n) is 12.9. The predicted octanol–water partition coefficient (Wildman–Crippen LogP) is 2.13. The number of nitrogens with one attached hydrogen (secondary N) is 1. The molecule has 0 aliphatic heterocycles. The Bertz CT molecular complexity index is 689. The highest BCUT2D eigenvalue weighted by Crippen LogP contribution is 2.26. The molecule has 22 heavy (non-hydrogen) atoms. The normalized spacial score (nSPS) is 10.5. The molecule has 1 N–H and O–H groups in total. The van der Waals surface area contributed by atoms with Gasteiger partial charge in [0.2, 0.25) is 0 Å². The van der Waals surface area contributed by atoms with Crippen LogP contribution in [-0.2, 0) is 25.5 Å². The molecule has 2 aromatic rings. The van der Waals surface area contributed by atoms with Crippen LogP contribution in [-0.4, -0.2) is 37.2 Å². The van der Waals surface area contributed by atoms with E-state index in [1.54, 1.807) is 14.0 Å². The number of rotatable bonds is 6. The van der Waals surface area contributed by atoms with Gasteiger partial charge in [0.15, 0.2) is 6.61 Å². The quantitative estimate of drug-likeness (QED) is 0.827. The van der Waals surface area contributed by atoms with Gasteiger partial charge in [0.25, 0.3) is 0 Å². The zero-order chi connectivity index (χ0) is 16.1. The lowest BCUT2D eigenvalue weighted by Gasteiger charge is -2.05. The second-order valence-corrected chi connectivity index (χ2v) is 4.78. The van der Waals surface area contributed by atoms with Crippen molar-refractivity contribution in [1.29, 1.82) is 0 Å². The Balaban J connectivity index is 2.11. The number of H-pyrrole nitrogens is 1. The Morgan fingerprint density at radius 1 is 1.18 bits per heavy atom. The number of fused-ring (bicyclic) bond motifs is 1. The van der Waals surface area contributed by atoms with Gasteiger partial charge in [-0.2, -0.15) is 0 Å². The largest absolute Gasteiger partial charge is 0.497 e. The predicted molar refractivity (Wildman–Crippen MR) is 80.9 cm³/mol. The third kappa shape index (κ3) is 3.58. The van der Waals surface area contributed by atoms with Crippen LogP contribution >= 0.6 is 0 Å². The standard InChI is InChI=1S/C16H19NO5/c1-4-21-16(19)9-22-15(18)8-12-10(2)17-14-6-5-11(20-3)7-13(12)14/h5-7,17H,4,8-9H2,1-3H3. The van der Waals surface area contributed by atoms with Crippen LogP contribution in [0.25, 0.3) is 10.9 Å². The molecule has 0 fully saturated rings. The molecular formula is C16H19NO5. The van der Waals surface area contributed by atoms with Crippen LogP contribution < -0.4 is 4.74 Å². The summed E-state index contributed by atoms with van der Waals surface area (Å²) >= 11 is 0. The highest BCUT2D eigenvalue weighted by atomic mass is 16.6. The molecule has 0 unspecified atom stereocenters. The van der Waals surface area contributed by atoms with Crippen molar-refractivity contribution < 1.29 is 23.8 Å². The lowest BCUT2D eigenvalue weighted by Crippen LogP contribution is -2.17. The summed E-state index contributed by atoms with van der Waals surface area (Å²) < 4.78 is 14.9. The fourth-order valence-corrected chi connectivity index (χ4v) is 2.25. The highest BCUT2D eigenvalue weighted by Gasteiger charge is 2.15. The number of methoxy groups -OCH3 is 1. The van der Waals surface area contributed by atoms with Crippen molar-refractivity contribution in [2.75, 3.05) is 20.3 Å². The molecule has 2 rings (SSSR count). The van der Waals surface area contributed by atoms with Crippen molar-refractivity contribution in [3.8, 4) is 5.75 Å². The van der Waals surface area contributed by atoms with Gasteiger partial charge in [0.1, 0.15) is 5.75 Å². The minimum absolute atomic E-state index is 0.0818. The molecule has 0 spiro atoms. The van der Waals surface area contributed by atoms with Crippen molar-refractivity contribution in [2.24, 2.45) is 0 Å². The summed E-state index contributed by atoms with van der Waals surface area (Å²) in [6.45, 7) is 3.48. The number of benzene rings is 1. The fraction of sp³-hybridized carbons (Fsp3) is 0.375. The summed E-state index contributed by atoms with van der Waals surface area (Å²) in [7, 11) is 1.59. The monoisotopic (exact) mass is 305 g/mol. The van der Waals surface area contributed by atoms with Crippen LogP contribution in [0.3, 0.4) is 0 Å². The SMILES string of the molecule is CCOC(=O)COC(=O)Cc1c(C)[nH]c2ccc(OC)cc12. The van der Waals surface area contributed by atoms with E-state index in [2.05, 4.69) is 4.98 Å². The van der Waals surface area contributed by atoms with Crippen molar-refractivity contribution >= 4 is 22.8 Å². The number of aromatic amines is 1. The third-order valence-corrected chi connectivity index (χ3v) is 3.30. The maximum atomic E-state index is 11.9. The zero-order valence-corrected chi connectivity index (χ0v) is 12.9. The van der Waals surface area contributed by atoms with Gasteiger partial charge in [-0.25, -0.2) is 4.79 Å². The Hall–Kier alpha value is -2.50. The number of aryl methyl sites for hydroxylation is 1. The van der Waals surface area contributed by atoms with E-state index in [1.807, 2.05) is 25.1 Å². The van der Waals surface area contributed by atoms with Crippen molar-refractivity contribution in [1.82, 2.24) is 4.98 Å². The van der Waals surface area contributed by atoms with E-state index in [-0.39, 0.29) is 19.6 Å². The summed E-state index contributed by atoms with van der Waals surface area (Å²) in [5.74, 6) is -0.305. The first-order valence-electron chi connectivity index (χ1n) is 7.01. The molecule has 6 heteroatoms. The first-order valence-corrected chi connectivity index (χ1v) is 7.01. The van der Waals surface area contributed by atoms with Crippen molar-refractivity contribution in [2.45, 2.75) is 20.3 Å². The molecule has 6 nitrogen and oxygen atoms in total. The Morgan fingerprint density at radius 2 is 1.95 bits per heavy atom. The summed E-state index contributed by atoms with van der Waals surface area (Å²) in [5, 5.41) is 0.907. The fourth-order valence-electron chi connectivity index (χ4n) is 2.25. The minimum Gasteiger partial charge on any atom is -0.497 e. The molecule has 0 aliphatic carbocycles. The molecule has 0 aliphatic rings. The summed E-state index contributed by atoms with van der Waals surface area (Å²) in [5.41, 5.74) is 2.64. The summed E-state index contributed by atoms with van der Waals surface area (Å²) in [6.07, 6.45) is 0.0818. The topological polar surface area (TPSA) is 77.6 Å². The van der Waals surface area contributed by atoms with E-state index in [9.17, 15) is 9.59 Å². The number of aromatic nitrogens is 1. The van der Waals surface area contributed by atoms with Gasteiger partial charge < -0.3 is 19.2 Å². The van der Waals surface area contributed by atoms with Gasteiger partial charge in [-0.05, 0) is 37.6 Å². The van der Waals surface area contributed by atoms with E-state index in [0.29, 0.717) is 5.75 Å². The van der Waals surface area contributed by atoms with E-state index < -0.39 is 11.9 Å². The molecule has 1 heterocycles. The smallest absolute Gasteiger partial charge is 0.344 e. The lowest BCUT2D eigenvalue weighted by molar-refractivity contribution is -0.158. The molecule has 0 bridgehead atoms. The van der Waals surface area contributed by atoms with Crippen LogP contribution in [0.4, 0.5) is 0 Å². The van der Waals surface area contributed by atoms with Gasteiger partial charge in [-0.1, -0.05) is 0 Å². The van der Waals surface area contributed by atoms with Gasteiger partial charge in [-0.3, -0.25) is 4.79 Å². The van der Waals surface area contributed by atoms with E-state index in [4.69, 9.17) is 14.2 Å². The van der Waals surface area contributed by atoms with E-state index in [1.165, 1.54) is 0 Å². The lowest BCUT2D eigenvalue weighted by atomic mass is 10.1. The Kier molecular flexibility index (Phi) is 5.04. The van der Waals surface area contributed by atoms with Crippen LogP contribution in [0.2, 0.25) is 0 Å². The molecule has 1 aromatic heterocycles. The highest BCUT2D eigenvalue weighted by molar-refractivity contribution is 5.90. The molecule has 118 valence electrons. The molecular weight excluding hydrogens is 286 g/mol. The van der Waals surface area contributed by atoms with E-state index in [0.717, 1.165) is 22.2 Å². The van der Waals surface area contributed by atoms with Crippen LogP contribution in [0, 0.1) is 6.92 Å². The molecule has 0 amide bonds. The minimum atomic E-state index is -0.548. The second kappa shape index (κ2) is 6.98. The van der Waals surface area contributed by atoms with Gasteiger partial charge in [0, 0.05) is 16.6 Å². The molecule has 0 radical (unpaired) electrons. The van der Waals surface area contributed by atoms with Crippen LogP contribution in [0.15, 0.2) is 18.2 Å². The van der Waals surface area contributed by atoms with Gasteiger partial charge in [-0.15, -0.1) is 0 Å². The summed E-state index contributed by atoms with van der Waals surface area (Å²) in [6, 6.07) is 5.61. The molecule has 0 saturated carbocycles. The van der Waals surface area contributed by atoms with Gasteiger partial charge in [0.05, 0.1) is 20.1 Å². The Morgan fingerprint density at radius 3 is 2.64 bits per heavy atom. The molecule has 0 saturated heterocycles. The van der Waals surface area contributed by atoms with Crippen LogP contribution in [0.1, 0.15) is 18.2 Å². The first kappa shape index (κ1) is 15.9. The Labute approximate surface area is 128 Å². The second-order valence-electron chi connectivity index (χ2n) is 4.78. The molecule has 0 atom stereocenters. The average molecular weight is 305 g/mol. The summed E-state index contributed by atoms with van der Waals surface area (Å²) in [4.78, 5) is 26.3. The van der Waals surface area contributed by atoms with Gasteiger partial charge >= 0.3 is 11.9 Å². The van der Waals surface area contributed by atoms with Crippen molar-refractivity contribution in [3.05, 3.63) is 29.5 Å². The number of carbonyl (C=O) groups excluding carboxylic acids is 2. The number of carbonyl (C=O) groups is 2. The van der Waals surface area contributed by atoms with E-state index >= 15 is 0 Å². The maximum Gasteiger partial charge on any atom is 0.344 e. The third-order valence-electron chi connectivity index (χ3n) is 3.30. The number of ether oxygens (including phenoxy) is 3.